The average Bonchev–Trinajstić information content (AvgIpc) is 2.75. The predicted molar refractivity (Wildman–Crippen MR) is 73.7 cm³/mol. The van der Waals surface area contributed by atoms with Crippen LogP contribution in [0.15, 0.2) is 24.4 Å². The number of aromatic hydroxyl groups is 1. The Bertz CT molecular complexity index is 622. The van der Waals surface area contributed by atoms with Gasteiger partial charge in [-0.1, -0.05) is 11.6 Å². The molecular formula is C13H14ClN3O2. The minimum absolute atomic E-state index is 0.0294. The van der Waals surface area contributed by atoms with Gasteiger partial charge in [-0.2, -0.15) is 5.10 Å². The molecule has 5 nitrogen and oxygen atoms in total. The minimum atomic E-state index is -0.324. The van der Waals surface area contributed by atoms with Crippen LogP contribution in [-0.4, -0.2) is 20.8 Å². The fraction of sp³-hybridized carbons (Fsp3) is 0.231. The van der Waals surface area contributed by atoms with Gasteiger partial charge in [0.1, 0.15) is 5.75 Å². The molecule has 1 aromatic carbocycles. The maximum Gasteiger partial charge on any atom is 0.259 e. The summed E-state index contributed by atoms with van der Waals surface area (Å²) in [4.78, 5) is 12.1. The van der Waals surface area contributed by atoms with Gasteiger partial charge in [0, 0.05) is 17.8 Å². The lowest BCUT2D eigenvalue weighted by molar-refractivity contribution is 0.102. The Hall–Kier alpha value is -2.01. The third kappa shape index (κ3) is 2.88. The van der Waals surface area contributed by atoms with E-state index in [9.17, 15) is 9.90 Å². The first-order valence-corrected chi connectivity index (χ1v) is 6.23. The van der Waals surface area contributed by atoms with Crippen molar-refractivity contribution in [2.75, 3.05) is 5.32 Å². The number of hydrogen-bond acceptors (Lipinski definition) is 3. The number of nitrogens with zero attached hydrogens (tertiary/aromatic N) is 2. The monoisotopic (exact) mass is 279 g/mol. The molecule has 0 aliphatic rings. The maximum atomic E-state index is 12.1. The standard InChI is InChI=1S/C13H14ClN3O2/c1-3-17-7-10(8(2)16-17)13(19)15-11-6-9(14)4-5-12(11)18/h4-7,18H,3H2,1-2H3,(H,15,19). The maximum absolute atomic E-state index is 12.1. The Balaban J connectivity index is 2.25. The lowest BCUT2D eigenvalue weighted by Crippen LogP contribution is -2.12. The zero-order chi connectivity index (χ0) is 14.0. The molecule has 1 aromatic heterocycles. The van der Waals surface area contributed by atoms with Crippen molar-refractivity contribution in [2.45, 2.75) is 20.4 Å². The molecule has 19 heavy (non-hydrogen) atoms. The average molecular weight is 280 g/mol. The van der Waals surface area contributed by atoms with Crippen LogP contribution in [0, 0.1) is 6.92 Å². The molecule has 0 spiro atoms. The number of halogens is 1. The topological polar surface area (TPSA) is 67.2 Å². The molecule has 1 heterocycles. The number of anilines is 1. The van der Waals surface area contributed by atoms with Gasteiger partial charge in [0.25, 0.3) is 5.91 Å². The van der Waals surface area contributed by atoms with E-state index in [1.807, 2.05) is 6.92 Å². The Morgan fingerprint density at radius 3 is 2.89 bits per heavy atom. The normalized spacial score (nSPS) is 10.5. The molecule has 0 atom stereocenters. The molecule has 0 aliphatic carbocycles. The molecule has 0 radical (unpaired) electrons. The van der Waals surface area contributed by atoms with E-state index in [1.165, 1.54) is 12.1 Å². The van der Waals surface area contributed by atoms with Gasteiger partial charge in [0.2, 0.25) is 0 Å². The molecule has 0 bridgehead atoms. The van der Waals surface area contributed by atoms with E-state index in [-0.39, 0.29) is 17.3 Å². The van der Waals surface area contributed by atoms with Gasteiger partial charge in [-0.3, -0.25) is 9.48 Å². The fourth-order valence-electron chi connectivity index (χ4n) is 1.70. The van der Waals surface area contributed by atoms with Gasteiger partial charge in [0.05, 0.1) is 16.9 Å². The van der Waals surface area contributed by atoms with Crippen molar-refractivity contribution in [3.05, 3.63) is 40.7 Å². The number of benzene rings is 1. The number of phenolic OH excluding ortho intramolecular Hbond substituents is 1. The van der Waals surface area contributed by atoms with Gasteiger partial charge in [-0.25, -0.2) is 0 Å². The third-order valence-electron chi connectivity index (χ3n) is 2.72. The molecular weight excluding hydrogens is 266 g/mol. The molecule has 0 unspecified atom stereocenters. The van der Waals surface area contributed by atoms with E-state index in [2.05, 4.69) is 10.4 Å². The number of carbonyl (C=O) groups is 1. The number of carbonyl (C=O) groups excluding carboxylic acids is 1. The van der Waals surface area contributed by atoms with Crippen molar-refractivity contribution >= 4 is 23.2 Å². The number of aryl methyl sites for hydroxylation is 2. The SMILES string of the molecule is CCn1cc(C(=O)Nc2cc(Cl)ccc2O)c(C)n1. The largest absolute Gasteiger partial charge is 0.506 e. The van der Waals surface area contributed by atoms with Crippen LogP contribution in [-0.2, 0) is 6.54 Å². The van der Waals surface area contributed by atoms with Crippen LogP contribution in [0.1, 0.15) is 23.0 Å². The summed E-state index contributed by atoms with van der Waals surface area (Å²) in [5.41, 5.74) is 1.39. The number of nitrogens with one attached hydrogen (secondary N) is 1. The summed E-state index contributed by atoms with van der Waals surface area (Å²) < 4.78 is 1.68. The lowest BCUT2D eigenvalue weighted by atomic mass is 10.2. The van der Waals surface area contributed by atoms with E-state index in [0.717, 1.165) is 0 Å². The molecule has 100 valence electrons. The highest BCUT2D eigenvalue weighted by Gasteiger charge is 2.14. The van der Waals surface area contributed by atoms with Crippen LogP contribution in [0.2, 0.25) is 5.02 Å². The first-order valence-electron chi connectivity index (χ1n) is 5.85. The first-order chi connectivity index (χ1) is 9.01. The van der Waals surface area contributed by atoms with Gasteiger partial charge in [-0.15, -0.1) is 0 Å². The molecule has 0 saturated heterocycles. The predicted octanol–water partition coefficient (Wildman–Crippen LogP) is 2.82. The summed E-state index contributed by atoms with van der Waals surface area (Å²) in [6, 6.07) is 4.47. The first kappa shape index (κ1) is 13.4. The van der Waals surface area contributed by atoms with Crippen molar-refractivity contribution < 1.29 is 9.90 Å². The minimum Gasteiger partial charge on any atom is -0.506 e. The summed E-state index contributed by atoms with van der Waals surface area (Å²) in [5, 5.41) is 16.9. The van der Waals surface area contributed by atoms with Crippen LogP contribution >= 0.6 is 11.6 Å². The van der Waals surface area contributed by atoms with Crippen LogP contribution in [0.5, 0.6) is 5.75 Å². The molecule has 2 rings (SSSR count). The second kappa shape index (κ2) is 5.32. The highest BCUT2D eigenvalue weighted by molar-refractivity contribution is 6.31. The van der Waals surface area contributed by atoms with Crippen molar-refractivity contribution in [3.63, 3.8) is 0 Å². The van der Waals surface area contributed by atoms with Crippen molar-refractivity contribution in [2.24, 2.45) is 0 Å². The molecule has 2 aromatic rings. The third-order valence-corrected chi connectivity index (χ3v) is 2.96. The highest BCUT2D eigenvalue weighted by Crippen LogP contribution is 2.27. The Morgan fingerprint density at radius 2 is 2.26 bits per heavy atom. The van der Waals surface area contributed by atoms with Gasteiger partial charge < -0.3 is 10.4 Å². The molecule has 0 fully saturated rings. The van der Waals surface area contributed by atoms with Crippen LogP contribution < -0.4 is 5.32 Å². The van der Waals surface area contributed by atoms with E-state index >= 15 is 0 Å². The van der Waals surface area contributed by atoms with E-state index in [1.54, 1.807) is 23.9 Å². The number of amides is 1. The van der Waals surface area contributed by atoms with Crippen molar-refractivity contribution in [1.29, 1.82) is 0 Å². The Morgan fingerprint density at radius 1 is 1.53 bits per heavy atom. The number of rotatable bonds is 3. The lowest BCUT2D eigenvalue weighted by Gasteiger charge is -2.06. The summed E-state index contributed by atoms with van der Waals surface area (Å²) >= 11 is 5.83. The fourth-order valence-corrected chi connectivity index (χ4v) is 1.87. The van der Waals surface area contributed by atoms with Gasteiger partial charge in [0.15, 0.2) is 0 Å². The summed E-state index contributed by atoms with van der Waals surface area (Å²) in [5.74, 6) is -0.354. The molecule has 2 N–H and O–H groups in total. The highest BCUT2D eigenvalue weighted by atomic mass is 35.5. The van der Waals surface area contributed by atoms with Crippen LogP contribution in [0.4, 0.5) is 5.69 Å². The van der Waals surface area contributed by atoms with E-state index in [4.69, 9.17) is 11.6 Å². The summed E-state index contributed by atoms with van der Waals surface area (Å²) in [6.07, 6.45) is 1.67. The Labute approximate surface area is 115 Å². The zero-order valence-electron chi connectivity index (χ0n) is 10.6. The molecule has 6 heteroatoms. The number of phenols is 1. The molecule has 1 amide bonds. The van der Waals surface area contributed by atoms with Gasteiger partial charge in [-0.05, 0) is 32.0 Å². The zero-order valence-corrected chi connectivity index (χ0v) is 11.4. The van der Waals surface area contributed by atoms with E-state index < -0.39 is 0 Å². The smallest absolute Gasteiger partial charge is 0.259 e. The molecule has 0 aliphatic heterocycles. The quantitative estimate of drug-likeness (QED) is 0.849. The summed E-state index contributed by atoms with van der Waals surface area (Å²) in [6.45, 7) is 4.40. The second-order valence-corrected chi connectivity index (χ2v) is 4.54. The van der Waals surface area contributed by atoms with E-state index in [0.29, 0.717) is 22.8 Å². The molecule has 0 saturated carbocycles. The number of hydrogen-bond donors (Lipinski definition) is 2. The second-order valence-electron chi connectivity index (χ2n) is 4.10. The Kier molecular flexibility index (Phi) is 3.76. The van der Waals surface area contributed by atoms with Gasteiger partial charge >= 0.3 is 0 Å². The van der Waals surface area contributed by atoms with Crippen LogP contribution in [0.25, 0.3) is 0 Å². The van der Waals surface area contributed by atoms with Crippen molar-refractivity contribution in [1.82, 2.24) is 9.78 Å². The summed E-state index contributed by atoms with van der Waals surface area (Å²) in [7, 11) is 0. The van der Waals surface area contributed by atoms with Crippen molar-refractivity contribution in [3.8, 4) is 5.75 Å². The van der Waals surface area contributed by atoms with Crippen LogP contribution in [0.3, 0.4) is 0 Å². The number of aromatic nitrogens is 2.